The minimum absolute atomic E-state index is 0.653. The molecule has 1 heterocycles. The maximum atomic E-state index is 4.70. The fourth-order valence-electron chi connectivity index (χ4n) is 2.58. The summed E-state index contributed by atoms with van der Waals surface area (Å²) in [4.78, 5) is 0. The van der Waals surface area contributed by atoms with E-state index in [9.17, 15) is 0 Å². The molecule has 0 aromatic carbocycles. The molecule has 0 aliphatic heterocycles. The first-order valence-electron chi connectivity index (χ1n) is 7.24. The minimum atomic E-state index is 0.653. The van der Waals surface area contributed by atoms with E-state index < -0.39 is 0 Å². The molecule has 0 spiro atoms. The van der Waals surface area contributed by atoms with E-state index >= 15 is 0 Å². The number of rotatable bonds is 6. The molecule has 18 heavy (non-hydrogen) atoms. The van der Waals surface area contributed by atoms with Crippen LogP contribution < -0.4 is 5.32 Å². The Kier molecular flexibility index (Phi) is 5.46. The second-order valence-corrected chi connectivity index (χ2v) is 5.15. The van der Waals surface area contributed by atoms with E-state index in [1.807, 2.05) is 7.05 Å². The molecule has 1 fully saturated rings. The first-order valence-corrected chi connectivity index (χ1v) is 7.24. The molecule has 1 aromatic heterocycles. The van der Waals surface area contributed by atoms with Gasteiger partial charge in [-0.05, 0) is 38.9 Å². The van der Waals surface area contributed by atoms with Crippen LogP contribution >= 0.6 is 0 Å². The van der Waals surface area contributed by atoms with Gasteiger partial charge in [0.15, 0.2) is 0 Å². The Hall–Kier alpha value is -1.09. The van der Waals surface area contributed by atoms with Crippen LogP contribution in [0, 0.1) is 0 Å². The average molecular weight is 247 g/mol. The molecule has 0 unspecified atom stereocenters. The van der Waals surface area contributed by atoms with Gasteiger partial charge in [-0.15, -0.1) is 0 Å². The third-order valence-electron chi connectivity index (χ3n) is 3.67. The van der Waals surface area contributed by atoms with Gasteiger partial charge in [0.2, 0.25) is 0 Å². The van der Waals surface area contributed by atoms with E-state index in [2.05, 4.69) is 34.4 Å². The summed E-state index contributed by atoms with van der Waals surface area (Å²) in [6.45, 7) is 1.05. The van der Waals surface area contributed by atoms with Crippen LogP contribution in [0.1, 0.15) is 50.3 Å². The van der Waals surface area contributed by atoms with Crippen LogP contribution in [0.25, 0.3) is 0 Å². The Bertz CT molecular complexity index is 362. The lowest BCUT2D eigenvalue weighted by molar-refractivity contribution is 0.328. The predicted octanol–water partition coefficient (Wildman–Crippen LogP) is 3.10. The molecule has 0 radical (unpaired) electrons. The summed E-state index contributed by atoms with van der Waals surface area (Å²) in [5.74, 6) is 0. The van der Waals surface area contributed by atoms with Crippen LogP contribution in [0.2, 0.25) is 0 Å². The van der Waals surface area contributed by atoms with Crippen molar-refractivity contribution in [2.24, 2.45) is 0 Å². The van der Waals surface area contributed by atoms with Crippen molar-refractivity contribution in [1.82, 2.24) is 15.1 Å². The molecular weight excluding hydrogens is 222 g/mol. The number of nitrogens with one attached hydrogen (secondary N) is 1. The quantitative estimate of drug-likeness (QED) is 0.618. The number of hydrogen-bond acceptors (Lipinski definition) is 2. The van der Waals surface area contributed by atoms with E-state index in [-0.39, 0.29) is 0 Å². The van der Waals surface area contributed by atoms with E-state index in [1.54, 1.807) is 0 Å². The lowest BCUT2D eigenvalue weighted by Crippen LogP contribution is -2.13. The molecular formula is C15H25N3. The first-order chi connectivity index (χ1) is 8.90. The minimum Gasteiger partial charge on any atom is -0.319 e. The lowest BCUT2D eigenvalue weighted by Gasteiger charge is -2.21. The van der Waals surface area contributed by atoms with Crippen LogP contribution in [0.5, 0.6) is 0 Å². The summed E-state index contributed by atoms with van der Waals surface area (Å²) >= 11 is 0. The third kappa shape index (κ3) is 3.98. The summed E-state index contributed by atoms with van der Waals surface area (Å²) < 4.78 is 2.19. The Morgan fingerprint density at radius 1 is 1.33 bits per heavy atom. The van der Waals surface area contributed by atoms with Gasteiger partial charge in [0.05, 0.1) is 11.7 Å². The van der Waals surface area contributed by atoms with E-state index in [0.29, 0.717) is 6.04 Å². The number of allylic oxidation sites excluding steroid dienone is 1. The van der Waals surface area contributed by atoms with Gasteiger partial charge >= 0.3 is 0 Å². The normalized spacial score (nSPS) is 17.6. The van der Waals surface area contributed by atoms with Crippen molar-refractivity contribution in [3.05, 3.63) is 30.1 Å². The smallest absolute Gasteiger partial charge is 0.0662 e. The number of nitrogens with zero attached hydrogens (tertiary/aromatic N) is 2. The van der Waals surface area contributed by atoms with Gasteiger partial charge in [-0.25, -0.2) is 0 Å². The molecule has 1 aliphatic rings. The fraction of sp³-hybridized carbons (Fsp3) is 0.667. The SMILES string of the molecule is CNCCC=CCc1ccn(C2CCCCC2)n1. The molecule has 3 nitrogen and oxygen atoms in total. The van der Waals surface area contributed by atoms with Crippen LogP contribution in [0.4, 0.5) is 0 Å². The standard InChI is InChI=1S/C15H25N3/c1-16-12-7-3-4-8-14-11-13-18(17-14)15-9-5-2-6-10-15/h3-4,11,13,15-16H,2,5-10,12H2,1H3. The van der Waals surface area contributed by atoms with Gasteiger partial charge in [0.1, 0.15) is 0 Å². The predicted molar refractivity (Wildman–Crippen MR) is 75.7 cm³/mol. The number of aromatic nitrogens is 2. The molecule has 1 aromatic rings. The first kappa shape index (κ1) is 13.3. The molecule has 1 aliphatic carbocycles. The number of hydrogen-bond donors (Lipinski definition) is 1. The molecule has 1 saturated carbocycles. The van der Waals surface area contributed by atoms with Crippen LogP contribution in [0.15, 0.2) is 24.4 Å². The van der Waals surface area contributed by atoms with Crippen molar-refractivity contribution in [2.45, 2.75) is 51.0 Å². The largest absolute Gasteiger partial charge is 0.319 e. The zero-order valence-corrected chi connectivity index (χ0v) is 11.4. The van der Waals surface area contributed by atoms with Crippen LogP contribution in [0.3, 0.4) is 0 Å². The monoisotopic (exact) mass is 247 g/mol. The molecule has 2 rings (SSSR count). The zero-order valence-electron chi connectivity index (χ0n) is 11.4. The Balaban J connectivity index is 1.80. The molecule has 0 atom stereocenters. The zero-order chi connectivity index (χ0) is 12.6. The Morgan fingerprint density at radius 2 is 2.17 bits per heavy atom. The maximum Gasteiger partial charge on any atom is 0.0662 e. The van der Waals surface area contributed by atoms with Crippen molar-refractivity contribution >= 4 is 0 Å². The van der Waals surface area contributed by atoms with E-state index in [1.165, 1.54) is 37.8 Å². The van der Waals surface area contributed by atoms with Gasteiger partial charge in [-0.2, -0.15) is 5.10 Å². The molecule has 1 N–H and O–H groups in total. The van der Waals surface area contributed by atoms with Crippen LogP contribution in [-0.2, 0) is 6.42 Å². The summed E-state index contributed by atoms with van der Waals surface area (Å²) in [7, 11) is 1.99. The van der Waals surface area contributed by atoms with Crippen molar-refractivity contribution in [3.8, 4) is 0 Å². The molecule has 0 bridgehead atoms. The van der Waals surface area contributed by atoms with Crippen molar-refractivity contribution < 1.29 is 0 Å². The van der Waals surface area contributed by atoms with Gasteiger partial charge < -0.3 is 5.32 Å². The lowest BCUT2D eigenvalue weighted by atomic mass is 9.96. The third-order valence-corrected chi connectivity index (χ3v) is 3.67. The van der Waals surface area contributed by atoms with E-state index in [0.717, 1.165) is 19.4 Å². The fourth-order valence-corrected chi connectivity index (χ4v) is 2.58. The van der Waals surface area contributed by atoms with Crippen LogP contribution in [-0.4, -0.2) is 23.4 Å². The van der Waals surface area contributed by atoms with Crippen molar-refractivity contribution in [1.29, 1.82) is 0 Å². The molecule has 100 valence electrons. The molecule has 0 saturated heterocycles. The van der Waals surface area contributed by atoms with Crippen molar-refractivity contribution in [2.75, 3.05) is 13.6 Å². The highest BCUT2D eigenvalue weighted by Gasteiger charge is 2.15. The van der Waals surface area contributed by atoms with Gasteiger partial charge in [-0.1, -0.05) is 31.4 Å². The van der Waals surface area contributed by atoms with Gasteiger partial charge in [-0.3, -0.25) is 4.68 Å². The summed E-state index contributed by atoms with van der Waals surface area (Å²) in [5, 5.41) is 7.84. The van der Waals surface area contributed by atoms with Gasteiger partial charge in [0.25, 0.3) is 0 Å². The molecule has 0 amide bonds. The highest BCUT2D eigenvalue weighted by atomic mass is 15.3. The highest BCUT2D eigenvalue weighted by molar-refractivity contribution is 5.05. The van der Waals surface area contributed by atoms with E-state index in [4.69, 9.17) is 5.10 Å². The summed E-state index contributed by atoms with van der Waals surface area (Å²) in [6.07, 6.45) is 15.4. The van der Waals surface area contributed by atoms with Gasteiger partial charge in [0, 0.05) is 12.6 Å². The molecule has 3 heteroatoms. The maximum absolute atomic E-state index is 4.70. The second kappa shape index (κ2) is 7.37. The van der Waals surface area contributed by atoms with Crippen molar-refractivity contribution in [3.63, 3.8) is 0 Å². The topological polar surface area (TPSA) is 29.9 Å². The summed E-state index contributed by atoms with van der Waals surface area (Å²) in [5.41, 5.74) is 1.20. The highest BCUT2D eigenvalue weighted by Crippen LogP contribution is 2.27. The average Bonchev–Trinajstić information content (AvgIpc) is 2.88. The second-order valence-electron chi connectivity index (χ2n) is 5.15. The summed E-state index contributed by atoms with van der Waals surface area (Å²) in [6, 6.07) is 2.82. The Morgan fingerprint density at radius 3 is 2.94 bits per heavy atom. The Labute approximate surface area is 110 Å².